The van der Waals surface area contributed by atoms with Crippen LogP contribution in [-0.2, 0) is 4.79 Å². The normalized spacial score (nSPS) is 11.2. The number of amides is 1. The molecule has 0 aliphatic heterocycles. The van der Waals surface area contributed by atoms with Crippen LogP contribution >= 0.6 is 0 Å². The Labute approximate surface area is 109 Å². The molecule has 1 aromatic rings. The predicted molar refractivity (Wildman–Crippen MR) is 74.1 cm³/mol. The maximum absolute atomic E-state index is 12.0. The summed E-state index contributed by atoms with van der Waals surface area (Å²) in [5.74, 6) is -0.0689. The van der Waals surface area contributed by atoms with Crippen molar-refractivity contribution in [2.75, 3.05) is 13.2 Å². The second kappa shape index (κ2) is 6.97. The van der Waals surface area contributed by atoms with Crippen LogP contribution in [0.1, 0.15) is 25.0 Å². The van der Waals surface area contributed by atoms with E-state index in [2.05, 4.69) is 0 Å². The van der Waals surface area contributed by atoms with Crippen molar-refractivity contribution in [2.24, 2.45) is 0 Å². The van der Waals surface area contributed by atoms with Gasteiger partial charge in [-0.2, -0.15) is 0 Å². The topological polar surface area (TPSA) is 40.5 Å². The van der Waals surface area contributed by atoms with Gasteiger partial charge in [-0.15, -0.1) is 0 Å². The lowest BCUT2D eigenvalue weighted by Gasteiger charge is -2.24. The van der Waals surface area contributed by atoms with Gasteiger partial charge in [-0.05, 0) is 32.4 Å². The quantitative estimate of drug-likeness (QED) is 0.811. The standard InChI is InChI=1S/C15H21NO2/c1-12(2)16(9-10-17)15(18)8-7-14-6-4-5-13(3)11-14/h4-8,11-12,17H,9-10H2,1-3H3/b8-7+. The highest BCUT2D eigenvalue weighted by Gasteiger charge is 2.12. The highest BCUT2D eigenvalue weighted by Crippen LogP contribution is 2.07. The van der Waals surface area contributed by atoms with Crippen LogP contribution in [-0.4, -0.2) is 35.1 Å². The SMILES string of the molecule is Cc1cccc(/C=C/C(=O)N(CCO)C(C)C)c1. The largest absolute Gasteiger partial charge is 0.395 e. The summed E-state index contributed by atoms with van der Waals surface area (Å²) in [6.45, 7) is 6.25. The summed E-state index contributed by atoms with van der Waals surface area (Å²) in [5.41, 5.74) is 2.18. The molecule has 0 saturated heterocycles. The van der Waals surface area contributed by atoms with E-state index in [1.54, 1.807) is 11.0 Å². The van der Waals surface area contributed by atoms with Gasteiger partial charge in [0.25, 0.3) is 0 Å². The lowest BCUT2D eigenvalue weighted by molar-refractivity contribution is -0.128. The Balaban J connectivity index is 2.73. The lowest BCUT2D eigenvalue weighted by Crippen LogP contribution is -2.37. The molecule has 0 aliphatic carbocycles. The number of aryl methyl sites for hydroxylation is 1. The maximum atomic E-state index is 12.0. The first kappa shape index (κ1) is 14.5. The monoisotopic (exact) mass is 247 g/mol. The van der Waals surface area contributed by atoms with Crippen LogP contribution in [0.3, 0.4) is 0 Å². The molecule has 0 unspecified atom stereocenters. The van der Waals surface area contributed by atoms with Crippen molar-refractivity contribution in [2.45, 2.75) is 26.8 Å². The Hall–Kier alpha value is -1.61. The summed E-state index contributed by atoms with van der Waals surface area (Å²) < 4.78 is 0. The van der Waals surface area contributed by atoms with E-state index in [0.717, 1.165) is 5.56 Å². The zero-order chi connectivity index (χ0) is 13.5. The summed E-state index contributed by atoms with van der Waals surface area (Å²) in [6, 6.07) is 8.06. The first-order valence-electron chi connectivity index (χ1n) is 6.21. The first-order chi connectivity index (χ1) is 8.54. The minimum absolute atomic E-state index is 0.0117. The average Bonchev–Trinajstić information content (AvgIpc) is 2.32. The molecule has 3 nitrogen and oxygen atoms in total. The number of benzene rings is 1. The number of aliphatic hydroxyl groups is 1. The molecule has 0 bridgehead atoms. The van der Waals surface area contributed by atoms with E-state index in [4.69, 9.17) is 5.11 Å². The molecule has 1 N–H and O–H groups in total. The van der Waals surface area contributed by atoms with Crippen LogP contribution in [0.2, 0.25) is 0 Å². The van der Waals surface area contributed by atoms with Crippen LogP contribution in [0.5, 0.6) is 0 Å². The zero-order valence-electron chi connectivity index (χ0n) is 11.3. The Bertz CT molecular complexity index is 424. The Morgan fingerprint density at radius 1 is 1.44 bits per heavy atom. The van der Waals surface area contributed by atoms with E-state index in [9.17, 15) is 4.79 Å². The van der Waals surface area contributed by atoms with Crippen molar-refractivity contribution in [3.05, 3.63) is 41.5 Å². The Morgan fingerprint density at radius 3 is 2.72 bits per heavy atom. The molecule has 0 aromatic heterocycles. The average molecular weight is 247 g/mol. The second-order valence-corrected chi connectivity index (χ2v) is 4.60. The van der Waals surface area contributed by atoms with Gasteiger partial charge in [0.05, 0.1) is 6.61 Å². The van der Waals surface area contributed by atoms with Crippen LogP contribution in [0, 0.1) is 6.92 Å². The summed E-state index contributed by atoms with van der Waals surface area (Å²) >= 11 is 0. The van der Waals surface area contributed by atoms with Crippen molar-refractivity contribution in [3.8, 4) is 0 Å². The highest BCUT2D eigenvalue weighted by atomic mass is 16.3. The Morgan fingerprint density at radius 2 is 2.17 bits per heavy atom. The van der Waals surface area contributed by atoms with Gasteiger partial charge in [0.15, 0.2) is 0 Å². The summed E-state index contributed by atoms with van der Waals surface area (Å²) in [4.78, 5) is 13.6. The van der Waals surface area contributed by atoms with E-state index >= 15 is 0 Å². The molecular formula is C15H21NO2. The number of carbonyl (C=O) groups excluding carboxylic acids is 1. The van der Waals surface area contributed by atoms with E-state index in [0.29, 0.717) is 6.54 Å². The van der Waals surface area contributed by atoms with Crippen LogP contribution in [0.15, 0.2) is 30.3 Å². The molecule has 0 aliphatic rings. The van der Waals surface area contributed by atoms with Crippen molar-refractivity contribution in [1.82, 2.24) is 4.90 Å². The molecule has 3 heteroatoms. The van der Waals surface area contributed by atoms with Gasteiger partial charge in [-0.3, -0.25) is 4.79 Å². The Kier molecular flexibility index (Phi) is 5.59. The molecule has 0 atom stereocenters. The van der Waals surface area contributed by atoms with Crippen molar-refractivity contribution < 1.29 is 9.90 Å². The van der Waals surface area contributed by atoms with Gasteiger partial charge in [0.1, 0.15) is 0 Å². The molecule has 18 heavy (non-hydrogen) atoms. The number of carbonyl (C=O) groups is 1. The summed E-state index contributed by atoms with van der Waals surface area (Å²) in [5, 5.41) is 8.94. The molecule has 0 spiro atoms. The van der Waals surface area contributed by atoms with Crippen LogP contribution < -0.4 is 0 Å². The van der Waals surface area contributed by atoms with Crippen molar-refractivity contribution in [1.29, 1.82) is 0 Å². The third-order valence-corrected chi connectivity index (χ3v) is 2.71. The van der Waals surface area contributed by atoms with Gasteiger partial charge < -0.3 is 10.0 Å². The summed E-state index contributed by atoms with van der Waals surface area (Å²) in [6.07, 6.45) is 3.37. The molecular weight excluding hydrogens is 226 g/mol. The first-order valence-corrected chi connectivity index (χ1v) is 6.21. The number of rotatable bonds is 5. The number of aliphatic hydroxyl groups excluding tert-OH is 1. The molecule has 98 valence electrons. The van der Waals surface area contributed by atoms with E-state index < -0.39 is 0 Å². The molecule has 0 radical (unpaired) electrons. The molecule has 1 rings (SSSR count). The van der Waals surface area contributed by atoms with Gasteiger partial charge >= 0.3 is 0 Å². The fourth-order valence-corrected chi connectivity index (χ4v) is 1.77. The van der Waals surface area contributed by atoms with Gasteiger partial charge in [0.2, 0.25) is 5.91 Å². The second-order valence-electron chi connectivity index (χ2n) is 4.60. The van der Waals surface area contributed by atoms with Gasteiger partial charge in [-0.25, -0.2) is 0 Å². The van der Waals surface area contributed by atoms with Gasteiger partial charge in [-0.1, -0.05) is 29.8 Å². The molecule has 0 heterocycles. The third-order valence-electron chi connectivity index (χ3n) is 2.71. The fraction of sp³-hybridized carbons (Fsp3) is 0.400. The minimum Gasteiger partial charge on any atom is -0.395 e. The number of nitrogens with zero attached hydrogens (tertiary/aromatic N) is 1. The summed E-state index contributed by atoms with van der Waals surface area (Å²) in [7, 11) is 0. The van der Waals surface area contributed by atoms with E-state index in [1.165, 1.54) is 5.56 Å². The van der Waals surface area contributed by atoms with E-state index in [1.807, 2.05) is 51.1 Å². The lowest BCUT2D eigenvalue weighted by atomic mass is 10.1. The smallest absolute Gasteiger partial charge is 0.246 e. The molecule has 1 aromatic carbocycles. The highest BCUT2D eigenvalue weighted by molar-refractivity contribution is 5.92. The third kappa shape index (κ3) is 4.34. The number of hydrogen-bond acceptors (Lipinski definition) is 2. The van der Waals surface area contributed by atoms with Crippen molar-refractivity contribution >= 4 is 12.0 Å². The molecule has 1 amide bonds. The van der Waals surface area contributed by atoms with Crippen molar-refractivity contribution in [3.63, 3.8) is 0 Å². The fourth-order valence-electron chi connectivity index (χ4n) is 1.77. The van der Waals surface area contributed by atoms with Crippen LogP contribution in [0.25, 0.3) is 6.08 Å². The maximum Gasteiger partial charge on any atom is 0.246 e. The zero-order valence-corrected chi connectivity index (χ0v) is 11.3. The predicted octanol–water partition coefficient (Wildman–Crippen LogP) is 2.24. The van der Waals surface area contributed by atoms with Gasteiger partial charge in [0, 0.05) is 18.7 Å². The van der Waals surface area contributed by atoms with E-state index in [-0.39, 0.29) is 18.6 Å². The number of hydrogen-bond donors (Lipinski definition) is 1. The molecule has 0 fully saturated rings. The van der Waals surface area contributed by atoms with Crippen LogP contribution in [0.4, 0.5) is 0 Å². The minimum atomic E-state index is -0.0689. The molecule has 0 saturated carbocycles.